The number of ether oxygens (including phenoxy) is 1. The second kappa shape index (κ2) is 7.86. The molecule has 3 aromatic rings. The summed E-state index contributed by atoms with van der Waals surface area (Å²) in [5.74, 6) is -1.26. The third-order valence-electron chi connectivity index (χ3n) is 4.68. The van der Waals surface area contributed by atoms with Crippen LogP contribution in [0.1, 0.15) is 41.4 Å². The van der Waals surface area contributed by atoms with Gasteiger partial charge in [0.25, 0.3) is 5.91 Å². The maximum Gasteiger partial charge on any atom is 0.313 e. The van der Waals surface area contributed by atoms with E-state index in [1.54, 1.807) is 45.0 Å². The van der Waals surface area contributed by atoms with E-state index in [2.05, 4.69) is 0 Å². The molecule has 1 N–H and O–H groups in total. The minimum absolute atomic E-state index is 0.0453. The van der Waals surface area contributed by atoms with Crippen molar-refractivity contribution in [2.75, 3.05) is 6.61 Å². The maximum atomic E-state index is 13.2. The first-order valence-electron chi connectivity index (χ1n) is 8.76. The van der Waals surface area contributed by atoms with Crippen LogP contribution < -0.4 is 0 Å². The number of halogens is 2. The van der Waals surface area contributed by atoms with Gasteiger partial charge in [0.2, 0.25) is 0 Å². The lowest BCUT2D eigenvalue weighted by Gasteiger charge is -2.12. The van der Waals surface area contributed by atoms with Crippen molar-refractivity contribution in [2.45, 2.75) is 26.7 Å². The van der Waals surface area contributed by atoms with Gasteiger partial charge in [0.15, 0.2) is 0 Å². The lowest BCUT2D eigenvalue weighted by atomic mass is 9.98. The van der Waals surface area contributed by atoms with Gasteiger partial charge >= 0.3 is 5.97 Å². The van der Waals surface area contributed by atoms with Crippen LogP contribution in [0, 0.1) is 6.92 Å². The van der Waals surface area contributed by atoms with Crippen molar-refractivity contribution in [3.63, 3.8) is 0 Å². The number of hydrogen-bond acceptors (Lipinski definition) is 4. The van der Waals surface area contributed by atoms with Crippen molar-refractivity contribution < 1.29 is 19.4 Å². The molecule has 0 fully saturated rings. The zero-order chi connectivity index (χ0) is 20.6. The molecule has 0 aliphatic heterocycles. The Hall–Kier alpha value is -2.50. The molecule has 1 unspecified atom stereocenters. The van der Waals surface area contributed by atoms with Gasteiger partial charge in [-0.1, -0.05) is 23.2 Å². The van der Waals surface area contributed by atoms with E-state index >= 15 is 0 Å². The fourth-order valence-electron chi connectivity index (χ4n) is 3.38. The monoisotopic (exact) mass is 419 g/mol. The molecule has 0 saturated heterocycles. The first-order chi connectivity index (χ1) is 13.3. The summed E-state index contributed by atoms with van der Waals surface area (Å²) < 4.78 is 6.66. The van der Waals surface area contributed by atoms with Crippen molar-refractivity contribution in [2.24, 2.45) is 0 Å². The molecule has 146 valence electrons. The van der Waals surface area contributed by atoms with Crippen molar-refractivity contribution in [1.29, 1.82) is 0 Å². The summed E-state index contributed by atoms with van der Waals surface area (Å²) >= 11 is 12.0. The van der Waals surface area contributed by atoms with E-state index in [9.17, 15) is 14.7 Å². The fraction of sp³-hybridized carbons (Fsp3) is 0.238. The van der Waals surface area contributed by atoms with Gasteiger partial charge < -0.3 is 9.84 Å². The number of aromatic hydroxyl groups is 1. The third-order valence-corrected chi connectivity index (χ3v) is 5.42. The Balaban J connectivity index is 2.23. The van der Waals surface area contributed by atoms with Crippen LogP contribution in [-0.2, 0) is 9.53 Å². The van der Waals surface area contributed by atoms with Crippen molar-refractivity contribution >= 4 is 46.0 Å². The molecule has 0 saturated carbocycles. The summed E-state index contributed by atoms with van der Waals surface area (Å²) in [5, 5.41) is 11.2. The van der Waals surface area contributed by atoms with Gasteiger partial charge in [0, 0.05) is 16.6 Å². The van der Waals surface area contributed by atoms with Gasteiger partial charge in [-0.2, -0.15) is 0 Å². The van der Waals surface area contributed by atoms with Crippen LogP contribution in [0.5, 0.6) is 5.75 Å². The van der Waals surface area contributed by atoms with E-state index in [0.717, 1.165) is 0 Å². The predicted molar refractivity (Wildman–Crippen MR) is 110 cm³/mol. The van der Waals surface area contributed by atoms with Gasteiger partial charge in [0.05, 0.1) is 28.1 Å². The molecule has 5 nitrogen and oxygen atoms in total. The Bertz CT molecular complexity index is 1090. The number of benzene rings is 2. The minimum atomic E-state index is -0.605. The number of fused-ring (bicyclic) bond motifs is 1. The molecule has 1 atom stereocenters. The van der Waals surface area contributed by atoms with Crippen LogP contribution in [0.3, 0.4) is 0 Å². The van der Waals surface area contributed by atoms with Crippen molar-refractivity contribution in [3.05, 3.63) is 63.3 Å². The summed E-state index contributed by atoms with van der Waals surface area (Å²) in [4.78, 5) is 25.6. The second-order valence-corrected chi connectivity index (χ2v) is 7.26. The van der Waals surface area contributed by atoms with Gasteiger partial charge in [-0.3, -0.25) is 14.2 Å². The van der Waals surface area contributed by atoms with Crippen LogP contribution in [0.4, 0.5) is 0 Å². The summed E-state index contributed by atoms with van der Waals surface area (Å²) in [7, 11) is 0. The van der Waals surface area contributed by atoms with Crippen LogP contribution in [0.15, 0.2) is 36.4 Å². The third kappa shape index (κ3) is 3.48. The quantitative estimate of drug-likeness (QED) is 0.581. The highest BCUT2D eigenvalue weighted by molar-refractivity contribution is 6.42. The lowest BCUT2D eigenvalue weighted by Crippen LogP contribution is -2.16. The molecule has 0 aliphatic rings. The normalized spacial score (nSPS) is 12.2. The average Bonchev–Trinajstić information content (AvgIpc) is 2.94. The first kappa shape index (κ1) is 20.2. The van der Waals surface area contributed by atoms with Crippen molar-refractivity contribution in [1.82, 2.24) is 4.57 Å². The number of phenols is 1. The zero-order valence-electron chi connectivity index (χ0n) is 15.6. The Morgan fingerprint density at radius 2 is 1.86 bits per heavy atom. The number of aromatic nitrogens is 1. The molecule has 0 amide bonds. The number of carbonyl (C=O) groups is 2. The molecule has 2 aromatic carbocycles. The molecule has 0 radical (unpaired) electrons. The van der Waals surface area contributed by atoms with Crippen LogP contribution >= 0.6 is 23.2 Å². The SMILES string of the molecule is CCOC(=O)C(C)c1c(C)n(C(=O)c2ccc(Cl)c(Cl)c2)c2ccc(O)cc12. The molecular weight excluding hydrogens is 401 g/mol. The molecule has 0 spiro atoms. The number of nitrogens with zero attached hydrogens (tertiary/aromatic N) is 1. The maximum absolute atomic E-state index is 13.2. The highest BCUT2D eigenvalue weighted by Gasteiger charge is 2.27. The van der Waals surface area contributed by atoms with E-state index in [4.69, 9.17) is 27.9 Å². The number of rotatable bonds is 4. The molecule has 0 aliphatic carbocycles. The van der Waals surface area contributed by atoms with Gasteiger partial charge in [-0.05, 0) is 62.7 Å². The minimum Gasteiger partial charge on any atom is -0.508 e. The predicted octanol–water partition coefficient (Wildman–Crippen LogP) is 5.32. The summed E-state index contributed by atoms with van der Waals surface area (Å²) in [6.45, 7) is 5.48. The van der Waals surface area contributed by atoms with Gasteiger partial charge in [-0.25, -0.2) is 0 Å². The molecule has 1 aromatic heterocycles. The zero-order valence-corrected chi connectivity index (χ0v) is 17.1. The highest BCUT2D eigenvalue weighted by atomic mass is 35.5. The molecule has 0 bridgehead atoms. The number of esters is 1. The molecular formula is C21H19Cl2NO4. The number of hydrogen-bond donors (Lipinski definition) is 1. The Morgan fingerprint density at radius 3 is 2.50 bits per heavy atom. The first-order valence-corrected chi connectivity index (χ1v) is 9.52. The van der Waals surface area contributed by atoms with Crippen LogP contribution in [0.2, 0.25) is 10.0 Å². The Morgan fingerprint density at radius 1 is 1.14 bits per heavy atom. The Kier molecular flexibility index (Phi) is 5.68. The molecule has 7 heteroatoms. The van der Waals surface area contributed by atoms with Crippen LogP contribution in [-0.4, -0.2) is 28.2 Å². The molecule has 1 heterocycles. The average molecular weight is 420 g/mol. The summed E-state index contributed by atoms with van der Waals surface area (Å²) in [6.07, 6.45) is 0. The second-order valence-electron chi connectivity index (χ2n) is 6.44. The summed E-state index contributed by atoms with van der Waals surface area (Å²) in [5.41, 5.74) is 2.17. The number of phenolic OH excluding ortho intramolecular Hbond substituents is 1. The molecule has 28 heavy (non-hydrogen) atoms. The van der Waals surface area contributed by atoms with E-state index in [0.29, 0.717) is 32.7 Å². The van der Waals surface area contributed by atoms with E-state index in [1.165, 1.54) is 16.7 Å². The number of carbonyl (C=O) groups excluding carboxylic acids is 2. The largest absolute Gasteiger partial charge is 0.508 e. The fourth-order valence-corrected chi connectivity index (χ4v) is 3.68. The van der Waals surface area contributed by atoms with E-state index in [-0.39, 0.29) is 23.3 Å². The standard InChI is InChI=1S/C21H19Cl2NO4/c1-4-28-21(27)11(2)19-12(3)24(18-8-6-14(25)10-15(18)19)20(26)13-5-7-16(22)17(23)9-13/h5-11,25H,4H2,1-3H3. The smallest absolute Gasteiger partial charge is 0.313 e. The van der Waals surface area contributed by atoms with Crippen molar-refractivity contribution in [3.8, 4) is 5.75 Å². The lowest BCUT2D eigenvalue weighted by molar-refractivity contribution is -0.144. The summed E-state index contributed by atoms with van der Waals surface area (Å²) in [6, 6.07) is 9.36. The Labute approximate surface area is 172 Å². The van der Waals surface area contributed by atoms with Crippen LogP contribution in [0.25, 0.3) is 10.9 Å². The topological polar surface area (TPSA) is 68.5 Å². The highest BCUT2D eigenvalue weighted by Crippen LogP contribution is 2.35. The van der Waals surface area contributed by atoms with Gasteiger partial charge in [-0.15, -0.1) is 0 Å². The van der Waals surface area contributed by atoms with E-state index in [1.807, 2.05) is 0 Å². The van der Waals surface area contributed by atoms with E-state index < -0.39 is 11.9 Å². The van der Waals surface area contributed by atoms with Gasteiger partial charge in [0.1, 0.15) is 5.75 Å². The molecule has 3 rings (SSSR count).